The van der Waals surface area contributed by atoms with Crippen molar-refractivity contribution in [3.8, 4) is 0 Å². The molecule has 25 heavy (non-hydrogen) atoms. The Morgan fingerprint density at radius 1 is 1.20 bits per heavy atom. The van der Waals surface area contributed by atoms with Crippen molar-refractivity contribution in [2.45, 2.75) is 27.2 Å². The van der Waals surface area contributed by atoms with Gasteiger partial charge in [-0.05, 0) is 37.5 Å². The number of hydrogen-bond acceptors (Lipinski definition) is 4. The van der Waals surface area contributed by atoms with E-state index in [9.17, 15) is 14.4 Å². The van der Waals surface area contributed by atoms with Crippen LogP contribution in [0.2, 0.25) is 0 Å². The number of amides is 4. The van der Waals surface area contributed by atoms with E-state index in [4.69, 9.17) is 4.74 Å². The highest BCUT2D eigenvalue weighted by molar-refractivity contribution is 6.21. The number of hydrogen-bond donors (Lipinski definition) is 2. The Bertz CT molecular complexity index is 658. The molecule has 7 heteroatoms. The van der Waals surface area contributed by atoms with Gasteiger partial charge in [0, 0.05) is 32.0 Å². The molecule has 1 aromatic rings. The van der Waals surface area contributed by atoms with Crippen LogP contribution < -0.4 is 10.6 Å². The molecule has 0 aromatic heterocycles. The van der Waals surface area contributed by atoms with Gasteiger partial charge in [-0.2, -0.15) is 0 Å². The lowest BCUT2D eigenvalue weighted by Gasteiger charge is -2.15. The maximum atomic E-state index is 12.4. The van der Waals surface area contributed by atoms with E-state index in [1.807, 2.05) is 20.8 Å². The van der Waals surface area contributed by atoms with Gasteiger partial charge in [-0.3, -0.25) is 14.5 Å². The number of urea groups is 1. The first-order valence-electron chi connectivity index (χ1n) is 8.56. The number of carbonyl (C=O) groups excluding carboxylic acids is 3. The quantitative estimate of drug-likeness (QED) is 0.559. The van der Waals surface area contributed by atoms with Gasteiger partial charge in [-0.1, -0.05) is 13.8 Å². The van der Waals surface area contributed by atoms with Gasteiger partial charge in [0.25, 0.3) is 11.8 Å². The smallest absolute Gasteiger partial charge is 0.319 e. The zero-order valence-corrected chi connectivity index (χ0v) is 14.9. The fraction of sp³-hybridized carbons (Fsp3) is 0.500. The van der Waals surface area contributed by atoms with Crippen LogP contribution in [0.15, 0.2) is 18.2 Å². The molecule has 1 aliphatic heterocycles. The molecular formula is C18H25N3O4. The van der Waals surface area contributed by atoms with Crippen LogP contribution in [0.4, 0.5) is 10.5 Å². The average molecular weight is 347 g/mol. The van der Waals surface area contributed by atoms with Gasteiger partial charge in [0.1, 0.15) is 0 Å². The van der Waals surface area contributed by atoms with Gasteiger partial charge >= 0.3 is 6.03 Å². The molecule has 7 nitrogen and oxygen atoms in total. The molecule has 0 spiro atoms. The number of ether oxygens (including phenoxy) is 1. The first-order valence-corrected chi connectivity index (χ1v) is 8.56. The van der Waals surface area contributed by atoms with Gasteiger partial charge in [-0.25, -0.2) is 4.79 Å². The summed E-state index contributed by atoms with van der Waals surface area (Å²) >= 11 is 0. The Hall–Kier alpha value is -2.41. The maximum absolute atomic E-state index is 12.4. The SMILES string of the molecule is CCOCCCNC(=O)Nc1ccc2c(c1)C(=O)N(CC(C)C)C2=O. The van der Waals surface area contributed by atoms with E-state index in [1.54, 1.807) is 18.2 Å². The van der Waals surface area contributed by atoms with Crippen molar-refractivity contribution >= 4 is 23.5 Å². The zero-order valence-electron chi connectivity index (χ0n) is 14.9. The highest BCUT2D eigenvalue weighted by Gasteiger charge is 2.35. The van der Waals surface area contributed by atoms with E-state index in [2.05, 4.69) is 10.6 Å². The predicted molar refractivity (Wildman–Crippen MR) is 94.8 cm³/mol. The zero-order chi connectivity index (χ0) is 18.4. The van der Waals surface area contributed by atoms with E-state index < -0.39 is 0 Å². The second-order valence-electron chi connectivity index (χ2n) is 6.31. The minimum absolute atomic E-state index is 0.197. The van der Waals surface area contributed by atoms with Crippen molar-refractivity contribution in [2.75, 3.05) is 31.6 Å². The lowest BCUT2D eigenvalue weighted by Crippen LogP contribution is -2.33. The van der Waals surface area contributed by atoms with E-state index in [0.717, 1.165) is 6.42 Å². The summed E-state index contributed by atoms with van der Waals surface area (Å²) in [6, 6.07) is 4.41. The molecule has 0 fully saturated rings. The van der Waals surface area contributed by atoms with Crippen LogP contribution in [-0.2, 0) is 4.74 Å². The first kappa shape index (κ1) is 18.9. The van der Waals surface area contributed by atoms with Crippen molar-refractivity contribution in [3.63, 3.8) is 0 Å². The van der Waals surface area contributed by atoms with Gasteiger partial charge in [0.15, 0.2) is 0 Å². The fourth-order valence-electron chi connectivity index (χ4n) is 2.60. The second-order valence-corrected chi connectivity index (χ2v) is 6.31. The third-order valence-corrected chi connectivity index (χ3v) is 3.73. The van der Waals surface area contributed by atoms with Crippen LogP contribution >= 0.6 is 0 Å². The maximum Gasteiger partial charge on any atom is 0.319 e. The number of nitrogens with one attached hydrogen (secondary N) is 2. The van der Waals surface area contributed by atoms with Gasteiger partial charge in [0.2, 0.25) is 0 Å². The minimum atomic E-state index is -0.354. The van der Waals surface area contributed by atoms with Gasteiger partial charge < -0.3 is 15.4 Å². The molecule has 0 radical (unpaired) electrons. The number of anilines is 1. The van der Waals surface area contributed by atoms with Crippen LogP contribution in [0.25, 0.3) is 0 Å². The van der Waals surface area contributed by atoms with Crippen LogP contribution in [-0.4, -0.2) is 49.0 Å². The Balaban J connectivity index is 1.96. The molecule has 4 amide bonds. The molecule has 1 heterocycles. The first-order chi connectivity index (χ1) is 11.9. The highest BCUT2D eigenvalue weighted by Crippen LogP contribution is 2.26. The number of benzene rings is 1. The largest absolute Gasteiger partial charge is 0.382 e. The van der Waals surface area contributed by atoms with Crippen LogP contribution in [0, 0.1) is 5.92 Å². The summed E-state index contributed by atoms with van der Waals surface area (Å²) < 4.78 is 5.20. The molecule has 2 rings (SSSR count). The van der Waals surface area contributed by atoms with Crippen LogP contribution in [0.3, 0.4) is 0 Å². The molecule has 0 atom stereocenters. The average Bonchev–Trinajstić information content (AvgIpc) is 2.79. The Labute approximate surface area is 147 Å². The second kappa shape index (κ2) is 8.62. The summed E-state index contributed by atoms with van der Waals surface area (Å²) in [5, 5.41) is 5.40. The Morgan fingerprint density at radius 2 is 1.92 bits per heavy atom. The minimum Gasteiger partial charge on any atom is -0.382 e. The van der Waals surface area contributed by atoms with Gasteiger partial charge in [-0.15, -0.1) is 0 Å². The molecule has 1 aliphatic rings. The Kier molecular flexibility index (Phi) is 6.52. The van der Waals surface area contributed by atoms with Crippen LogP contribution in [0.5, 0.6) is 0 Å². The molecule has 0 saturated carbocycles. The van der Waals surface area contributed by atoms with Crippen molar-refractivity contribution in [2.24, 2.45) is 5.92 Å². The molecule has 1 aromatic carbocycles. The summed E-state index contributed by atoms with van der Waals surface area (Å²) in [5.41, 5.74) is 1.20. The lowest BCUT2D eigenvalue weighted by molar-refractivity contribution is 0.0636. The number of carbonyl (C=O) groups is 3. The van der Waals surface area contributed by atoms with E-state index in [0.29, 0.717) is 43.1 Å². The van der Waals surface area contributed by atoms with Crippen molar-refractivity contribution in [1.82, 2.24) is 10.2 Å². The third kappa shape index (κ3) is 4.79. The Morgan fingerprint density at radius 3 is 2.60 bits per heavy atom. The van der Waals surface area contributed by atoms with Crippen molar-refractivity contribution in [1.29, 1.82) is 0 Å². The molecule has 0 unspecified atom stereocenters. The molecule has 0 bridgehead atoms. The third-order valence-electron chi connectivity index (χ3n) is 3.73. The van der Waals surface area contributed by atoms with E-state index in [-0.39, 0.29) is 23.8 Å². The summed E-state index contributed by atoms with van der Waals surface area (Å²) in [6.45, 7) is 7.95. The number of fused-ring (bicyclic) bond motifs is 1. The van der Waals surface area contributed by atoms with Crippen molar-refractivity contribution in [3.05, 3.63) is 29.3 Å². The summed E-state index contributed by atoms with van der Waals surface area (Å²) in [5.74, 6) is -0.391. The van der Waals surface area contributed by atoms with E-state index in [1.165, 1.54) is 4.90 Å². The summed E-state index contributed by atoms with van der Waals surface area (Å²) in [4.78, 5) is 37.8. The van der Waals surface area contributed by atoms with Crippen LogP contribution in [0.1, 0.15) is 47.9 Å². The fourth-order valence-corrected chi connectivity index (χ4v) is 2.60. The predicted octanol–water partition coefficient (Wildman–Crippen LogP) is 2.49. The summed E-state index contributed by atoms with van der Waals surface area (Å²) in [7, 11) is 0. The monoisotopic (exact) mass is 347 g/mol. The van der Waals surface area contributed by atoms with E-state index >= 15 is 0 Å². The molecular weight excluding hydrogens is 322 g/mol. The standard InChI is InChI=1S/C18H25N3O4/c1-4-25-9-5-8-19-18(24)20-13-6-7-14-15(10-13)17(23)21(16(14)22)11-12(2)3/h6-7,10,12H,4-5,8-9,11H2,1-3H3,(H2,19,20,24). The molecule has 2 N–H and O–H groups in total. The number of rotatable bonds is 8. The van der Waals surface area contributed by atoms with Crippen molar-refractivity contribution < 1.29 is 19.1 Å². The normalized spacial score (nSPS) is 13.4. The molecule has 0 saturated heterocycles. The highest BCUT2D eigenvalue weighted by atomic mass is 16.5. The van der Waals surface area contributed by atoms with Gasteiger partial charge in [0.05, 0.1) is 11.1 Å². The summed E-state index contributed by atoms with van der Waals surface area (Å²) in [6.07, 6.45) is 0.725. The molecule has 136 valence electrons. The topological polar surface area (TPSA) is 87.7 Å². The molecule has 0 aliphatic carbocycles. The lowest BCUT2D eigenvalue weighted by atomic mass is 10.1. The number of imide groups is 1. The number of nitrogens with zero attached hydrogens (tertiary/aromatic N) is 1.